The molecule has 0 saturated heterocycles. The summed E-state index contributed by atoms with van der Waals surface area (Å²) >= 11 is 0. The van der Waals surface area contributed by atoms with Gasteiger partial charge in [0.25, 0.3) is 0 Å². The van der Waals surface area contributed by atoms with E-state index in [9.17, 15) is 18.0 Å². The van der Waals surface area contributed by atoms with Crippen LogP contribution in [0.2, 0.25) is 0 Å². The van der Waals surface area contributed by atoms with Crippen LogP contribution >= 0.6 is 0 Å². The Labute approximate surface area is 170 Å². The summed E-state index contributed by atoms with van der Waals surface area (Å²) < 4.78 is 35.5. The molecule has 0 atom stereocenters. The summed E-state index contributed by atoms with van der Waals surface area (Å²) in [5.74, 6) is -0.467. The normalized spacial score (nSPS) is 10.9. The van der Waals surface area contributed by atoms with Gasteiger partial charge in [-0.3, -0.25) is 9.10 Å². The molecule has 1 N–H and O–H groups in total. The Hall–Kier alpha value is -3.07. The summed E-state index contributed by atoms with van der Waals surface area (Å²) in [6.07, 6.45) is 1.02. The highest BCUT2D eigenvalue weighted by molar-refractivity contribution is 7.92. The first-order chi connectivity index (χ1) is 13.7. The molecule has 2 rings (SSSR count). The lowest BCUT2D eigenvalue weighted by atomic mass is 10.1. The average molecular weight is 420 g/mol. The van der Waals surface area contributed by atoms with Gasteiger partial charge in [-0.25, -0.2) is 13.2 Å². The van der Waals surface area contributed by atoms with Gasteiger partial charge in [0.2, 0.25) is 15.9 Å². The number of nitrogens with zero attached hydrogens (tertiary/aromatic N) is 1. The summed E-state index contributed by atoms with van der Waals surface area (Å²) in [7, 11) is -2.20. The van der Waals surface area contributed by atoms with Crippen molar-refractivity contribution in [3.8, 4) is 5.75 Å². The summed E-state index contributed by atoms with van der Waals surface area (Å²) in [5, 5.41) is 2.66. The van der Waals surface area contributed by atoms with Crippen molar-refractivity contribution in [1.29, 1.82) is 0 Å². The molecule has 29 heavy (non-hydrogen) atoms. The fraction of sp³-hybridized carbons (Fsp3) is 0.300. The third-order valence-electron chi connectivity index (χ3n) is 4.15. The number of anilines is 2. The number of nitrogens with one attached hydrogen (secondary N) is 1. The van der Waals surface area contributed by atoms with E-state index in [0.717, 1.165) is 10.6 Å². The van der Waals surface area contributed by atoms with Crippen molar-refractivity contribution in [3.05, 3.63) is 53.6 Å². The van der Waals surface area contributed by atoms with Crippen molar-refractivity contribution in [1.82, 2.24) is 0 Å². The molecular formula is C20H24N2O6S. The molecule has 0 saturated carbocycles. The van der Waals surface area contributed by atoms with Gasteiger partial charge in [-0.2, -0.15) is 0 Å². The molecule has 1 amide bonds. The van der Waals surface area contributed by atoms with Gasteiger partial charge in [-0.1, -0.05) is 6.07 Å². The van der Waals surface area contributed by atoms with Gasteiger partial charge in [-0.15, -0.1) is 0 Å². The average Bonchev–Trinajstić information content (AvgIpc) is 2.67. The third kappa shape index (κ3) is 5.71. The van der Waals surface area contributed by atoms with E-state index in [4.69, 9.17) is 9.47 Å². The van der Waals surface area contributed by atoms with Gasteiger partial charge in [0.05, 0.1) is 31.2 Å². The quantitative estimate of drug-likeness (QED) is 0.659. The molecule has 2 aromatic carbocycles. The number of rotatable bonds is 8. The van der Waals surface area contributed by atoms with Crippen LogP contribution in [0.15, 0.2) is 42.5 Å². The third-order valence-corrected chi connectivity index (χ3v) is 5.29. The first-order valence-corrected chi connectivity index (χ1v) is 10.7. The SMILES string of the molecule is CCOC(=O)c1cccc(NC(=O)CN(c2ccc(OC)cc2)S(C)(=O)=O)c1C. The molecule has 0 aliphatic rings. The van der Waals surface area contributed by atoms with Crippen LogP contribution in [0.4, 0.5) is 11.4 Å². The maximum atomic E-state index is 12.6. The minimum Gasteiger partial charge on any atom is -0.497 e. The van der Waals surface area contributed by atoms with Crippen molar-refractivity contribution < 1.29 is 27.5 Å². The number of hydrogen-bond acceptors (Lipinski definition) is 6. The van der Waals surface area contributed by atoms with Gasteiger partial charge in [0, 0.05) is 5.69 Å². The number of carbonyl (C=O) groups is 2. The second-order valence-electron chi connectivity index (χ2n) is 6.21. The Morgan fingerprint density at radius 3 is 2.31 bits per heavy atom. The molecule has 9 heteroatoms. The van der Waals surface area contributed by atoms with Crippen molar-refractivity contribution in [2.45, 2.75) is 13.8 Å². The highest BCUT2D eigenvalue weighted by atomic mass is 32.2. The summed E-state index contributed by atoms with van der Waals surface area (Å²) in [4.78, 5) is 24.6. The van der Waals surface area contributed by atoms with Crippen LogP contribution in [-0.4, -0.2) is 46.8 Å². The van der Waals surface area contributed by atoms with Gasteiger partial charge in [0.15, 0.2) is 0 Å². The van der Waals surface area contributed by atoms with Crippen LogP contribution in [-0.2, 0) is 19.6 Å². The highest BCUT2D eigenvalue weighted by Gasteiger charge is 2.22. The van der Waals surface area contributed by atoms with E-state index < -0.39 is 28.4 Å². The predicted molar refractivity (Wildman–Crippen MR) is 111 cm³/mol. The second kappa shape index (κ2) is 9.42. The number of amides is 1. The van der Waals surface area contributed by atoms with Crippen LogP contribution in [0.25, 0.3) is 0 Å². The van der Waals surface area contributed by atoms with Crippen molar-refractivity contribution in [2.75, 3.05) is 36.1 Å². The minimum absolute atomic E-state index is 0.236. The molecule has 0 radical (unpaired) electrons. The monoisotopic (exact) mass is 420 g/mol. The molecule has 0 heterocycles. The van der Waals surface area contributed by atoms with Crippen molar-refractivity contribution in [2.24, 2.45) is 0 Å². The number of hydrogen-bond donors (Lipinski definition) is 1. The zero-order valence-corrected chi connectivity index (χ0v) is 17.6. The number of benzene rings is 2. The van der Waals surface area contributed by atoms with E-state index in [1.165, 1.54) is 7.11 Å². The Balaban J connectivity index is 2.23. The van der Waals surface area contributed by atoms with E-state index in [2.05, 4.69) is 5.32 Å². The van der Waals surface area contributed by atoms with Gasteiger partial charge in [-0.05, 0) is 55.8 Å². The van der Waals surface area contributed by atoms with E-state index in [1.54, 1.807) is 56.3 Å². The van der Waals surface area contributed by atoms with E-state index in [-0.39, 0.29) is 6.61 Å². The summed E-state index contributed by atoms with van der Waals surface area (Å²) in [6, 6.07) is 11.2. The predicted octanol–water partition coefficient (Wildman–Crippen LogP) is 2.59. The maximum absolute atomic E-state index is 12.6. The number of esters is 1. The Bertz CT molecular complexity index is 987. The molecule has 0 aliphatic carbocycles. The van der Waals surface area contributed by atoms with E-state index in [1.807, 2.05) is 0 Å². The summed E-state index contributed by atoms with van der Waals surface area (Å²) in [6.45, 7) is 3.20. The first kappa shape index (κ1) is 22.2. The van der Waals surface area contributed by atoms with Crippen LogP contribution in [0.5, 0.6) is 5.75 Å². The molecule has 0 fully saturated rings. The molecule has 0 aliphatic heterocycles. The lowest BCUT2D eigenvalue weighted by molar-refractivity contribution is -0.114. The number of ether oxygens (including phenoxy) is 2. The van der Waals surface area contributed by atoms with E-state index in [0.29, 0.717) is 28.3 Å². The zero-order chi connectivity index (χ0) is 21.6. The smallest absolute Gasteiger partial charge is 0.338 e. The minimum atomic E-state index is -3.71. The highest BCUT2D eigenvalue weighted by Crippen LogP contribution is 2.23. The van der Waals surface area contributed by atoms with Crippen LogP contribution in [0.1, 0.15) is 22.8 Å². The second-order valence-corrected chi connectivity index (χ2v) is 8.12. The molecule has 2 aromatic rings. The molecule has 0 bridgehead atoms. The molecule has 0 spiro atoms. The van der Waals surface area contributed by atoms with Gasteiger partial charge >= 0.3 is 5.97 Å². The van der Waals surface area contributed by atoms with Gasteiger partial charge < -0.3 is 14.8 Å². The fourth-order valence-corrected chi connectivity index (χ4v) is 3.53. The van der Waals surface area contributed by atoms with Crippen LogP contribution in [0.3, 0.4) is 0 Å². The number of carbonyl (C=O) groups excluding carboxylic acids is 2. The standard InChI is InChI=1S/C20H24N2O6S/c1-5-28-20(24)17-7-6-8-18(14(17)2)21-19(23)13-22(29(4,25)26)15-9-11-16(27-3)12-10-15/h6-12H,5,13H2,1-4H3,(H,21,23). The molecule has 0 unspecified atom stereocenters. The summed E-state index contributed by atoms with van der Waals surface area (Å²) in [5.41, 5.74) is 1.61. The Kier molecular flexibility index (Phi) is 7.22. The zero-order valence-electron chi connectivity index (χ0n) is 16.8. The molecular weight excluding hydrogens is 396 g/mol. The molecule has 156 valence electrons. The lowest BCUT2D eigenvalue weighted by Crippen LogP contribution is -2.37. The van der Waals surface area contributed by atoms with Gasteiger partial charge in [0.1, 0.15) is 12.3 Å². The maximum Gasteiger partial charge on any atom is 0.338 e. The Morgan fingerprint density at radius 2 is 1.76 bits per heavy atom. The molecule has 8 nitrogen and oxygen atoms in total. The van der Waals surface area contributed by atoms with E-state index >= 15 is 0 Å². The van der Waals surface area contributed by atoms with Crippen LogP contribution < -0.4 is 14.4 Å². The van der Waals surface area contributed by atoms with Crippen molar-refractivity contribution >= 4 is 33.3 Å². The lowest BCUT2D eigenvalue weighted by Gasteiger charge is -2.22. The molecule has 0 aromatic heterocycles. The topological polar surface area (TPSA) is 102 Å². The fourth-order valence-electron chi connectivity index (χ4n) is 2.67. The number of sulfonamides is 1. The van der Waals surface area contributed by atoms with Crippen LogP contribution in [0, 0.1) is 6.92 Å². The first-order valence-electron chi connectivity index (χ1n) is 8.85. The largest absolute Gasteiger partial charge is 0.497 e. The Morgan fingerprint density at radius 1 is 1.10 bits per heavy atom. The van der Waals surface area contributed by atoms with Crippen molar-refractivity contribution in [3.63, 3.8) is 0 Å². The number of methoxy groups -OCH3 is 1.